The molecule has 2 aromatic heterocycles. The molecule has 0 aliphatic heterocycles. The summed E-state index contributed by atoms with van der Waals surface area (Å²) in [7, 11) is 0. The summed E-state index contributed by atoms with van der Waals surface area (Å²) in [5.41, 5.74) is 1.79. The lowest BCUT2D eigenvalue weighted by atomic mass is 10.2. The molecular formula is C20H18ClN3O4. The van der Waals surface area contributed by atoms with Gasteiger partial charge in [-0.05, 0) is 49.7 Å². The summed E-state index contributed by atoms with van der Waals surface area (Å²) in [6.45, 7) is 3.19. The maximum atomic E-state index is 12.2. The summed E-state index contributed by atoms with van der Waals surface area (Å²) in [6.07, 6.45) is 1.63. The van der Waals surface area contributed by atoms with Crippen LogP contribution in [0.15, 0.2) is 53.5 Å². The number of ether oxygens (including phenoxy) is 1. The predicted molar refractivity (Wildman–Crippen MR) is 104 cm³/mol. The van der Waals surface area contributed by atoms with E-state index in [0.717, 1.165) is 5.56 Å². The monoisotopic (exact) mass is 399 g/mol. The fourth-order valence-electron chi connectivity index (χ4n) is 2.59. The topological polar surface area (TPSA) is 89.8 Å². The molecule has 0 saturated heterocycles. The van der Waals surface area contributed by atoms with Gasteiger partial charge in [-0.25, -0.2) is 9.78 Å². The summed E-state index contributed by atoms with van der Waals surface area (Å²) < 4.78 is 6.63. The third-order valence-electron chi connectivity index (χ3n) is 4.11. The second-order valence-corrected chi connectivity index (χ2v) is 6.72. The van der Waals surface area contributed by atoms with Crippen molar-refractivity contribution in [3.63, 3.8) is 0 Å². The minimum absolute atomic E-state index is 0.167. The van der Waals surface area contributed by atoms with Gasteiger partial charge in [0.15, 0.2) is 0 Å². The molecule has 0 aliphatic rings. The van der Waals surface area contributed by atoms with Crippen LogP contribution in [-0.2, 0) is 16.1 Å². The van der Waals surface area contributed by atoms with Crippen LogP contribution in [0.4, 0.5) is 0 Å². The molecular weight excluding hydrogens is 382 g/mol. The number of carbonyl (C=O) groups is 2. The van der Waals surface area contributed by atoms with Crippen LogP contribution < -0.4 is 10.9 Å². The minimum atomic E-state index is -0.869. The quantitative estimate of drug-likeness (QED) is 0.666. The highest BCUT2D eigenvalue weighted by atomic mass is 35.5. The normalized spacial score (nSPS) is 11.8. The van der Waals surface area contributed by atoms with Crippen LogP contribution in [0.25, 0.3) is 5.65 Å². The lowest BCUT2D eigenvalue weighted by molar-refractivity contribution is -0.146. The summed E-state index contributed by atoms with van der Waals surface area (Å²) in [5, 5.41) is 3.07. The Balaban J connectivity index is 1.64. The largest absolute Gasteiger partial charge is 0.458 e. The van der Waals surface area contributed by atoms with E-state index in [1.807, 2.05) is 13.0 Å². The van der Waals surface area contributed by atoms with Crippen molar-refractivity contribution < 1.29 is 14.3 Å². The van der Waals surface area contributed by atoms with E-state index in [-0.39, 0.29) is 12.2 Å². The van der Waals surface area contributed by atoms with Crippen molar-refractivity contribution in [2.45, 2.75) is 26.5 Å². The molecule has 0 radical (unpaired) electrons. The maximum absolute atomic E-state index is 12.2. The number of hydrogen-bond donors (Lipinski definition) is 1. The fourth-order valence-corrected chi connectivity index (χ4v) is 2.72. The van der Waals surface area contributed by atoms with Gasteiger partial charge in [-0.15, -0.1) is 0 Å². The van der Waals surface area contributed by atoms with Gasteiger partial charge >= 0.3 is 5.97 Å². The number of amides is 1. The zero-order valence-electron chi connectivity index (χ0n) is 15.3. The number of carbonyl (C=O) groups excluding carboxylic acids is 2. The smallest absolute Gasteiger partial charge is 0.328 e. The van der Waals surface area contributed by atoms with Crippen molar-refractivity contribution >= 4 is 29.1 Å². The van der Waals surface area contributed by atoms with Gasteiger partial charge in [-0.1, -0.05) is 17.7 Å². The van der Waals surface area contributed by atoms with Crippen molar-refractivity contribution in [3.8, 4) is 0 Å². The van der Waals surface area contributed by atoms with Crippen molar-refractivity contribution in [2.75, 3.05) is 0 Å². The minimum Gasteiger partial charge on any atom is -0.458 e. The van der Waals surface area contributed by atoms with Gasteiger partial charge in [-0.2, -0.15) is 0 Å². The Morgan fingerprint density at radius 3 is 2.68 bits per heavy atom. The van der Waals surface area contributed by atoms with Gasteiger partial charge in [0.25, 0.3) is 11.5 Å². The molecule has 3 aromatic rings. The van der Waals surface area contributed by atoms with Crippen LogP contribution in [-0.4, -0.2) is 27.3 Å². The average molecular weight is 400 g/mol. The highest BCUT2D eigenvalue weighted by Gasteiger charge is 2.18. The van der Waals surface area contributed by atoms with Gasteiger partial charge in [-0.3, -0.25) is 14.0 Å². The van der Waals surface area contributed by atoms with E-state index in [1.165, 1.54) is 17.4 Å². The third-order valence-corrected chi connectivity index (χ3v) is 4.36. The Bertz CT molecular complexity index is 1090. The van der Waals surface area contributed by atoms with E-state index >= 15 is 0 Å². The van der Waals surface area contributed by atoms with Crippen LogP contribution in [0.3, 0.4) is 0 Å². The first-order chi connectivity index (χ1) is 13.3. The van der Waals surface area contributed by atoms with E-state index in [9.17, 15) is 14.4 Å². The molecule has 0 saturated carbocycles. The van der Waals surface area contributed by atoms with Gasteiger partial charge in [0.1, 0.15) is 18.3 Å². The van der Waals surface area contributed by atoms with E-state index in [0.29, 0.717) is 21.9 Å². The van der Waals surface area contributed by atoms with Crippen LogP contribution in [0.5, 0.6) is 0 Å². The Morgan fingerprint density at radius 2 is 1.96 bits per heavy atom. The molecule has 0 fully saturated rings. The first-order valence-corrected chi connectivity index (χ1v) is 8.94. The number of fused-ring (bicyclic) bond motifs is 1. The number of aryl methyl sites for hydroxylation is 1. The van der Waals surface area contributed by atoms with Crippen molar-refractivity contribution in [3.05, 3.63) is 80.9 Å². The van der Waals surface area contributed by atoms with Crippen molar-refractivity contribution in [2.24, 2.45) is 0 Å². The SMILES string of the molecule is Cc1cccn2c(=O)cc(COC(=O)[C@H](C)NC(=O)c3ccc(Cl)cc3)nc12. The van der Waals surface area contributed by atoms with E-state index in [1.54, 1.807) is 36.5 Å². The summed E-state index contributed by atoms with van der Waals surface area (Å²) in [6, 6.07) is 10.3. The molecule has 8 heteroatoms. The zero-order valence-corrected chi connectivity index (χ0v) is 16.1. The van der Waals surface area contributed by atoms with Crippen LogP contribution in [0.2, 0.25) is 5.02 Å². The van der Waals surface area contributed by atoms with E-state index < -0.39 is 17.9 Å². The Kier molecular flexibility index (Phi) is 5.75. The second kappa shape index (κ2) is 8.22. The lowest BCUT2D eigenvalue weighted by Crippen LogP contribution is -2.39. The molecule has 0 aliphatic carbocycles. The Hall–Kier alpha value is -3.19. The molecule has 0 spiro atoms. The molecule has 7 nitrogen and oxygen atoms in total. The second-order valence-electron chi connectivity index (χ2n) is 6.28. The number of pyridine rings is 1. The van der Waals surface area contributed by atoms with E-state index in [4.69, 9.17) is 16.3 Å². The fraction of sp³-hybridized carbons (Fsp3) is 0.200. The number of nitrogens with one attached hydrogen (secondary N) is 1. The molecule has 2 heterocycles. The van der Waals surface area contributed by atoms with Gasteiger partial charge in [0, 0.05) is 22.8 Å². The summed E-state index contributed by atoms with van der Waals surface area (Å²) in [5.74, 6) is -1.05. The number of nitrogens with zero attached hydrogens (tertiary/aromatic N) is 2. The number of rotatable bonds is 5. The van der Waals surface area contributed by atoms with Crippen molar-refractivity contribution in [1.82, 2.24) is 14.7 Å². The van der Waals surface area contributed by atoms with Crippen LogP contribution in [0.1, 0.15) is 28.5 Å². The van der Waals surface area contributed by atoms with Gasteiger partial charge < -0.3 is 10.1 Å². The number of halogens is 1. The molecule has 3 rings (SSSR count). The van der Waals surface area contributed by atoms with Gasteiger partial charge in [0.05, 0.1) is 5.69 Å². The average Bonchev–Trinajstić information content (AvgIpc) is 2.67. The third kappa shape index (κ3) is 4.37. The van der Waals surface area contributed by atoms with Crippen LogP contribution >= 0.6 is 11.6 Å². The van der Waals surface area contributed by atoms with E-state index in [2.05, 4.69) is 10.3 Å². The zero-order chi connectivity index (χ0) is 20.3. The lowest BCUT2D eigenvalue weighted by Gasteiger charge is -2.13. The number of hydrogen-bond acceptors (Lipinski definition) is 5. The summed E-state index contributed by atoms with van der Waals surface area (Å²) in [4.78, 5) is 40.9. The van der Waals surface area contributed by atoms with Crippen molar-refractivity contribution in [1.29, 1.82) is 0 Å². The first kappa shape index (κ1) is 19.6. The maximum Gasteiger partial charge on any atom is 0.328 e. The molecule has 1 N–H and O–H groups in total. The number of aromatic nitrogens is 2. The Labute approximate surface area is 165 Å². The summed E-state index contributed by atoms with van der Waals surface area (Å²) >= 11 is 5.79. The number of benzene rings is 1. The molecule has 144 valence electrons. The van der Waals surface area contributed by atoms with Gasteiger partial charge in [0.2, 0.25) is 0 Å². The number of esters is 1. The predicted octanol–water partition coefficient (Wildman–Crippen LogP) is 2.52. The molecule has 0 unspecified atom stereocenters. The molecule has 0 bridgehead atoms. The molecule has 28 heavy (non-hydrogen) atoms. The molecule has 1 aromatic carbocycles. The highest BCUT2D eigenvalue weighted by molar-refractivity contribution is 6.30. The van der Waals surface area contributed by atoms with Crippen LogP contribution in [0, 0.1) is 6.92 Å². The Morgan fingerprint density at radius 1 is 1.25 bits per heavy atom. The highest BCUT2D eigenvalue weighted by Crippen LogP contribution is 2.10. The standard InChI is InChI=1S/C20H18ClN3O4/c1-12-4-3-9-24-17(25)10-16(23-18(12)24)11-28-20(27)13(2)22-19(26)14-5-7-15(21)8-6-14/h3-10,13H,11H2,1-2H3,(H,22,26)/t13-/m0/s1. The molecule has 1 atom stereocenters. The first-order valence-electron chi connectivity index (χ1n) is 8.56. The molecule has 1 amide bonds.